The van der Waals surface area contributed by atoms with E-state index in [0.29, 0.717) is 5.75 Å². The van der Waals surface area contributed by atoms with Crippen molar-refractivity contribution in [3.05, 3.63) is 84.2 Å². The molecule has 3 aromatic rings. The van der Waals surface area contributed by atoms with Gasteiger partial charge in [0.05, 0.1) is 18.6 Å². The summed E-state index contributed by atoms with van der Waals surface area (Å²) in [7, 11) is -2.89. The fourth-order valence-corrected chi connectivity index (χ4v) is 7.33. The minimum atomic E-state index is -4.16. The molecule has 0 unspecified atom stereocenters. The average Bonchev–Trinajstić information content (AvgIpc) is 3.13. The molecular weight excluding hydrogens is 697 g/mol. The van der Waals surface area contributed by atoms with Crippen LogP contribution in [0.3, 0.4) is 0 Å². The van der Waals surface area contributed by atoms with Gasteiger partial charge in [-0.05, 0) is 61.9 Å². The van der Waals surface area contributed by atoms with Gasteiger partial charge in [0, 0.05) is 32.4 Å². The zero-order valence-electron chi connectivity index (χ0n) is 29.0. The minimum absolute atomic E-state index is 0.103. The van der Waals surface area contributed by atoms with Crippen molar-refractivity contribution in [1.29, 1.82) is 0 Å². The van der Waals surface area contributed by atoms with Crippen molar-refractivity contribution in [2.45, 2.75) is 61.7 Å². The Morgan fingerprint density at radius 3 is 2.15 bits per heavy atom. The van der Waals surface area contributed by atoms with Gasteiger partial charge in [-0.15, -0.1) is 0 Å². The number of amides is 4. The van der Waals surface area contributed by atoms with Crippen LogP contribution in [0, 0.1) is 5.82 Å². The standard InChI is InChI=1S/C36H42FN5O9S/c1-23-32(43)38-17-20-50-26-9-11-27(12-10-26)51-36(15-18-42(19-16-36)52(47,48)28-13-14-31(49-3)29(37)22-28)35(46)40-24(2)33(44)41-30(34(45)39-23)21-25-7-5-4-6-8-25/h4-14,22-24,30H,15-21H2,1-3H3,(H,38,43)(H,39,45)(H,40,46)(H,41,44)/t23-,24-,30-/m0/s1. The Morgan fingerprint density at radius 2 is 1.50 bits per heavy atom. The number of rotatable bonds is 5. The van der Waals surface area contributed by atoms with Crippen LogP contribution >= 0.6 is 0 Å². The largest absolute Gasteiger partial charge is 0.494 e. The number of halogens is 1. The lowest BCUT2D eigenvalue weighted by Crippen LogP contribution is -2.61. The SMILES string of the molecule is COc1ccc(S(=O)(=O)N2CCC3(CC2)Oc2ccc(cc2)OCCNC(=O)[C@H](C)NC(=O)[C@H](Cc2ccccc2)NC(=O)[C@H](C)NC3=O)cc1F. The van der Waals surface area contributed by atoms with E-state index in [-0.39, 0.29) is 61.9 Å². The number of piperidine rings is 1. The molecule has 2 bridgehead atoms. The van der Waals surface area contributed by atoms with Crippen LogP contribution in [0.5, 0.6) is 17.2 Å². The average molecular weight is 740 g/mol. The van der Waals surface area contributed by atoms with E-state index in [2.05, 4.69) is 21.3 Å². The van der Waals surface area contributed by atoms with Gasteiger partial charge >= 0.3 is 0 Å². The second-order valence-corrected chi connectivity index (χ2v) is 14.5. The van der Waals surface area contributed by atoms with Gasteiger partial charge in [0.2, 0.25) is 27.7 Å². The fourth-order valence-electron chi connectivity index (χ4n) is 5.87. The first-order valence-corrected chi connectivity index (χ1v) is 18.2. The molecule has 3 atom stereocenters. The molecule has 14 nitrogen and oxygen atoms in total. The molecule has 3 aromatic carbocycles. The fraction of sp³-hybridized carbons (Fsp3) is 0.389. The van der Waals surface area contributed by atoms with E-state index in [1.54, 1.807) is 48.5 Å². The van der Waals surface area contributed by atoms with Crippen LogP contribution in [-0.2, 0) is 35.6 Å². The predicted molar refractivity (Wildman–Crippen MR) is 187 cm³/mol. The maximum Gasteiger partial charge on any atom is 0.264 e. The molecule has 0 aliphatic carbocycles. The van der Waals surface area contributed by atoms with E-state index in [1.807, 2.05) is 6.07 Å². The summed E-state index contributed by atoms with van der Waals surface area (Å²) in [4.78, 5) is 53.5. The lowest BCUT2D eigenvalue weighted by Gasteiger charge is -2.40. The molecule has 4 N–H and O–H groups in total. The number of sulfonamides is 1. The predicted octanol–water partition coefficient (Wildman–Crippen LogP) is 1.68. The van der Waals surface area contributed by atoms with Gasteiger partial charge in [-0.3, -0.25) is 19.2 Å². The molecular formula is C36H42FN5O9S. The minimum Gasteiger partial charge on any atom is -0.494 e. The number of methoxy groups -OCH3 is 1. The molecule has 52 heavy (non-hydrogen) atoms. The van der Waals surface area contributed by atoms with Crippen molar-refractivity contribution in [2.75, 3.05) is 33.4 Å². The quantitative estimate of drug-likeness (QED) is 0.283. The highest BCUT2D eigenvalue weighted by molar-refractivity contribution is 7.89. The Balaban J connectivity index is 1.40. The Morgan fingerprint density at radius 1 is 0.846 bits per heavy atom. The zero-order valence-corrected chi connectivity index (χ0v) is 29.8. The van der Waals surface area contributed by atoms with Gasteiger partial charge in [-0.2, -0.15) is 4.31 Å². The Labute approximate surface area is 301 Å². The summed E-state index contributed by atoms with van der Waals surface area (Å²) in [5.41, 5.74) is -0.865. The van der Waals surface area contributed by atoms with Crippen LogP contribution in [-0.4, -0.2) is 93.4 Å². The first-order valence-electron chi connectivity index (χ1n) is 16.8. The van der Waals surface area contributed by atoms with Crippen LogP contribution in [0.25, 0.3) is 0 Å². The number of fused-ring (bicyclic) bond motifs is 15. The highest BCUT2D eigenvalue weighted by Crippen LogP contribution is 2.33. The molecule has 1 fully saturated rings. The Kier molecular flexibility index (Phi) is 12.0. The molecule has 3 aliphatic rings. The molecule has 1 saturated heterocycles. The number of nitrogens with zero attached hydrogens (tertiary/aromatic N) is 1. The van der Waals surface area contributed by atoms with Crippen LogP contribution < -0.4 is 35.5 Å². The van der Waals surface area contributed by atoms with Crippen molar-refractivity contribution in [2.24, 2.45) is 0 Å². The van der Waals surface area contributed by atoms with E-state index in [4.69, 9.17) is 14.2 Å². The van der Waals surface area contributed by atoms with Crippen molar-refractivity contribution < 1.29 is 46.2 Å². The molecule has 16 heteroatoms. The maximum atomic E-state index is 14.4. The molecule has 0 radical (unpaired) electrons. The lowest BCUT2D eigenvalue weighted by atomic mass is 9.90. The molecule has 3 heterocycles. The topological polar surface area (TPSA) is 181 Å². The van der Waals surface area contributed by atoms with Gasteiger partial charge in [0.15, 0.2) is 17.2 Å². The molecule has 3 aliphatic heterocycles. The Bertz CT molecular complexity index is 1870. The summed E-state index contributed by atoms with van der Waals surface area (Å²) in [6.45, 7) is 2.92. The van der Waals surface area contributed by atoms with E-state index in [1.165, 1.54) is 33.1 Å². The molecule has 278 valence electrons. The van der Waals surface area contributed by atoms with Gasteiger partial charge in [0.25, 0.3) is 5.91 Å². The summed E-state index contributed by atoms with van der Waals surface area (Å²) >= 11 is 0. The number of ether oxygens (including phenoxy) is 3. The van der Waals surface area contributed by atoms with E-state index in [9.17, 15) is 32.0 Å². The summed E-state index contributed by atoms with van der Waals surface area (Å²) < 4.78 is 59.6. The third-order valence-electron chi connectivity index (χ3n) is 8.92. The van der Waals surface area contributed by atoms with Crippen LogP contribution in [0.15, 0.2) is 77.7 Å². The summed E-state index contributed by atoms with van der Waals surface area (Å²) in [6.07, 6.45) is -0.119. The number of nitrogens with one attached hydrogen (secondary N) is 4. The van der Waals surface area contributed by atoms with Crippen molar-refractivity contribution >= 4 is 33.7 Å². The van der Waals surface area contributed by atoms with Gasteiger partial charge < -0.3 is 35.5 Å². The number of carbonyl (C=O) groups is 4. The van der Waals surface area contributed by atoms with Crippen molar-refractivity contribution in [1.82, 2.24) is 25.6 Å². The summed E-state index contributed by atoms with van der Waals surface area (Å²) in [5, 5.41) is 10.8. The van der Waals surface area contributed by atoms with E-state index < -0.39 is 63.2 Å². The van der Waals surface area contributed by atoms with Gasteiger partial charge in [-0.25, -0.2) is 12.8 Å². The summed E-state index contributed by atoms with van der Waals surface area (Å²) in [6, 6.07) is 15.6. The number of benzene rings is 3. The van der Waals surface area contributed by atoms with Crippen LogP contribution in [0.1, 0.15) is 32.3 Å². The summed E-state index contributed by atoms with van der Waals surface area (Å²) in [5.74, 6) is -2.60. The molecule has 1 spiro atoms. The lowest BCUT2D eigenvalue weighted by molar-refractivity contribution is -0.143. The Hall–Kier alpha value is -5.22. The number of hydrogen-bond donors (Lipinski definition) is 4. The molecule has 0 saturated carbocycles. The van der Waals surface area contributed by atoms with E-state index >= 15 is 0 Å². The monoisotopic (exact) mass is 739 g/mol. The highest BCUT2D eigenvalue weighted by atomic mass is 32.2. The third-order valence-corrected chi connectivity index (χ3v) is 10.8. The molecule has 4 amide bonds. The van der Waals surface area contributed by atoms with Gasteiger partial charge in [0.1, 0.15) is 36.2 Å². The first-order chi connectivity index (χ1) is 24.8. The highest BCUT2D eigenvalue weighted by Gasteiger charge is 2.47. The zero-order chi connectivity index (χ0) is 37.5. The van der Waals surface area contributed by atoms with Crippen LogP contribution in [0.2, 0.25) is 0 Å². The van der Waals surface area contributed by atoms with Crippen molar-refractivity contribution in [3.63, 3.8) is 0 Å². The second kappa shape index (κ2) is 16.4. The third kappa shape index (κ3) is 8.98. The number of hydrogen-bond acceptors (Lipinski definition) is 9. The number of carbonyl (C=O) groups excluding carboxylic acids is 4. The normalized spacial score (nSPS) is 22.2. The maximum absolute atomic E-state index is 14.4. The van der Waals surface area contributed by atoms with E-state index in [0.717, 1.165) is 15.9 Å². The van der Waals surface area contributed by atoms with Crippen molar-refractivity contribution in [3.8, 4) is 17.2 Å². The second-order valence-electron chi connectivity index (χ2n) is 12.6. The first kappa shape index (κ1) is 38.0. The van der Waals surface area contributed by atoms with Crippen LogP contribution in [0.4, 0.5) is 4.39 Å². The molecule has 6 rings (SSSR count). The van der Waals surface area contributed by atoms with Gasteiger partial charge in [-0.1, -0.05) is 30.3 Å². The molecule has 0 aromatic heterocycles. The smallest absolute Gasteiger partial charge is 0.264 e.